The minimum absolute atomic E-state index is 0.0467. The number of Topliss-reactive ketones (excluding diaryl/α,β-unsaturated/α-hetero) is 1. The molecule has 4 rings (SSSR count). The number of aliphatic hydroxyl groups is 1. The van der Waals surface area contributed by atoms with Gasteiger partial charge < -0.3 is 14.7 Å². The van der Waals surface area contributed by atoms with Gasteiger partial charge in [0, 0.05) is 12.1 Å². The van der Waals surface area contributed by atoms with E-state index in [1.807, 2.05) is 30.3 Å². The Balaban J connectivity index is 1.73. The summed E-state index contributed by atoms with van der Waals surface area (Å²) in [5.41, 5.74) is 2.03. The van der Waals surface area contributed by atoms with Gasteiger partial charge in [-0.3, -0.25) is 9.59 Å². The number of carbonyl (C=O) groups excluding carboxylic acids is 2. The van der Waals surface area contributed by atoms with E-state index >= 15 is 0 Å². The largest absolute Gasteiger partial charge is 0.507 e. The van der Waals surface area contributed by atoms with Gasteiger partial charge in [-0.25, -0.2) is 4.39 Å². The highest BCUT2D eigenvalue weighted by atomic mass is 19.1. The van der Waals surface area contributed by atoms with Crippen molar-refractivity contribution in [3.63, 3.8) is 0 Å². The minimum Gasteiger partial charge on any atom is -0.507 e. The van der Waals surface area contributed by atoms with E-state index in [0.29, 0.717) is 17.7 Å². The summed E-state index contributed by atoms with van der Waals surface area (Å²) in [6.07, 6.45) is 0.444. The number of ketones is 1. The van der Waals surface area contributed by atoms with Crippen molar-refractivity contribution in [3.8, 4) is 5.75 Å². The lowest BCUT2D eigenvalue weighted by molar-refractivity contribution is -0.139. The fourth-order valence-electron chi connectivity index (χ4n) is 3.90. The molecule has 162 valence electrons. The van der Waals surface area contributed by atoms with E-state index in [-0.39, 0.29) is 23.7 Å². The van der Waals surface area contributed by atoms with Gasteiger partial charge in [-0.2, -0.15) is 0 Å². The molecule has 32 heavy (non-hydrogen) atoms. The average Bonchev–Trinajstić information content (AvgIpc) is 3.08. The van der Waals surface area contributed by atoms with Crippen molar-refractivity contribution in [1.29, 1.82) is 0 Å². The van der Waals surface area contributed by atoms with Gasteiger partial charge in [-0.15, -0.1) is 0 Å². The van der Waals surface area contributed by atoms with Crippen molar-refractivity contribution in [2.45, 2.75) is 12.5 Å². The van der Waals surface area contributed by atoms with Crippen molar-refractivity contribution in [2.75, 3.05) is 13.7 Å². The van der Waals surface area contributed by atoms with E-state index in [2.05, 4.69) is 0 Å². The Kier molecular flexibility index (Phi) is 6.03. The lowest BCUT2D eigenvalue weighted by Gasteiger charge is -2.25. The van der Waals surface area contributed by atoms with Crippen molar-refractivity contribution in [2.24, 2.45) is 0 Å². The van der Waals surface area contributed by atoms with Gasteiger partial charge in [-0.05, 0) is 53.9 Å². The molecule has 6 heteroatoms. The number of rotatable bonds is 6. The van der Waals surface area contributed by atoms with Crippen LogP contribution in [0.15, 0.2) is 84.4 Å². The summed E-state index contributed by atoms with van der Waals surface area (Å²) >= 11 is 0. The van der Waals surface area contributed by atoms with Gasteiger partial charge in [0.05, 0.1) is 18.7 Å². The van der Waals surface area contributed by atoms with Gasteiger partial charge in [-0.1, -0.05) is 42.5 Å². The van der Waals surface area contributed by atoms with Crippen molar-refractivity contribution in [1.82, 2.24) is 4.90 Å². The molecular weight excluding hydrogens is 409 g/mol. The molecule has 1 unspecified atom stereocenters. The zero-order valence-corrected chi connectivity index (χ0v) is 17.5. The second-order valence-corrected chi connectivity index (χ2v) is 7.51. The van der Waals surface area contributed by atoms with Crippen LogP contribution in [0.3, 0.4) is 0 Å². The van der Waals surface area contributed by atoms with E-state index in [9.17, 15) is 19.1 Å². The Morgan fingerprint density at radius 2 is 1.62 bits per heavy atom. The fraction of sp³-hybridized carbons (Fsp3) is 0.154. The number of methoxy groups -OCH3 is 1. The van der Waals surface area contributed by atoms with Crippen LogP contribution in [-0.2, 0) is 16.0 Å². The number of halogens is 1. The molecule has 1 atom stereocenters. The summed E-state index contributed by atoms with van der Waals surface area (Å²) in [6.45, 7) is 0.245. The number of amides is 1. The number of aliphatic hydroxyl groups excluding tert-OH is 1. The number of hydrogen-bond donors (Lipinski definition) is 1. The van der Waals surface area contributed by atoms with Crippen LogP contribution in [0, 0.1) is 5.82 Å². The summed E-state index contributed by atoms with van der Waals surface area (Å²) in [6, 6.07) is 21.1. The standard InChI is InChI=1S/C26H22FNO4/c1-32-21-13-9-19(10-14-21)24(29)22-23(18-5-3-2-4-6-18)28(26(31)25(22)30)16-15-17-7-11-20(27)12-8-17/h2-14,23,29H,15-16H2,1H3/b24-22-. The van der Waals surface area contributed by atoms with Crippen molar-refractivity contribution in [3.05, 3.63) is 107 Å². The van der Waals surface area contributed by atoms with Crippen LogP contribution >= 0.6 is 0 Å². The predicted octanol–water partition coefficient (Wildman–Crippen LogP) is 4.50. The lowest BCUT2D eigenvalue weighted by Crippen LogP contribution is -2.31. The van der Waals surface area contributed by atoms with Gasteiger partial charge in [0.1, 0.15) is 17.3 Å². The van der Waals surface area contributed by atoms with Gasteiger partial charge in [0.15, 0.2) is 0 Å². The van der Waals surface area contributed by atoms with Crippen molar-refractivity contribution < 1.29 is 23.8 Å². The third-order valence-corrected chi connectivity index (χ3v) is 5.57. The third-order valence-electron chi connectivity index (χ3n) is 5.57. The Morgan fingerprint density at radius 1 is 0.969 bits per heavy atom. The molecule has 3 aromatic rings. The first-order chi connectivity index (χ1) is 15.5. The van der Waals surface area contributed by atoms with E-state index in [1.165, 1.54) is 24.1 Å². The molecule has 1 heterocycles. The number of carbonyl (C=O) groups is 2. The lowest BCUT2D eigenvalue weighted by atomic mass is 9.95. The summed E-state index contributed by atoms with van der Waals surface area (Å²) in [5.74, 6) is -1.36. The molecule has 3 aromatic carbocycles. The highest BCUT2D eigenvalue weighted by molar-refractivity contribution is 6.46. The smallest absolute Gasteiger partial charge is 0.295 e. The van der Waals surface area contributed by atoms with Gasteiger partial charge in [0.2, 0.25) is 0 Å². The van der Waals surface area contributed by atoms with Gasteiger partial charge >= 0.3 is 0 Å². The van der Waals surface area contributed by atoms with Crippen LogP contribution in [0.4, 0.5) is 4.39 Å². The molecule has 0 spiro atoms. The zero-order chi connectivity index (χ0) is 22.7. The average molecular weight is 431 g/mol. The van der Waals surface area contributed by atoms with Gasteiger partial charge in [0.25, 0.3) is 11.7 Å². The highest BCUT2D eigenvalue weighted by Gasteiger charge is 2.45. The number of likely N-dealkylation sites (tertiary alicyclic amines) is 1. The molecule has 1 saturated heterocycles. The highest BCUT2D eigenvalue weighted by Crippen LogP contribution is 2.39. The second-order valence-electron chi connectivity index (χ2n) is 7.51. The number of nitrogens with zero attached hydrogens (tertiary/aromatic N) is 1. The maximum absolute atomic E-state index is 13.2. The number of hydrogen-bond acceptors (Lipinski definition) is 4. The first kappa shape index (κ1) is 21.3. The number of ether oxygens (including phenoxy) is 1. The van der Waals surface area contributed by atoms with E-state index in [0.717, 1.165) is 11.1 Å². The van der Waals surface area contributed by atoms with Crippen LogP contribution in [0.25, 0.3) is 5.76 Å². The Labute approximate surface area is 185 Å². The Bertz CT molecular complexity index is 1150. The minimum atomic E-state index is -0.730. The quantitative estimate of drug-likeness (QED) is 0.355. The normalized spacial score (nSPS) is 17.6. The molecule has 0 aromatic heterocycles. The Hall–Kier alpha value is -3.93. The molecule has 1 aliphatic heterocycles. The summed E-state index contributed by atoms with van der Waals surface area (Å²) in [4.78, 5) is 27.4. The molecule has 0 aliphatic carbocycles. The molecule has 1 amide bonds. The maximum atomic E-state index is 13.2. The SMILES string of the molecule is COc1ccc(/C(O)=C2/C(=O)C(=O)N(CCc3ccc(F)cc3)C2c2ccccc2)cc1. The zero-order valence-electron chi connectivity index (χ0n) is 17.5. The Morgan fingerprint density at radius 3 is 2.25 bits per heavy atom. The van der Waals surface area contributed by atoms with Crippen molar-refractivity contribution >= 4 is 17.4 Å². The van der Waals surface area contributed by atoms with E-state index in [1.54, 1.807) is 36.4 Å². The molecule has 1 fully saturated rings. The van der Waals surface area contributed by atoms with Crippen LogP contribution < -0.4 is 4.74 Å². The first-order valence-corrected chi connectivity index (χ1v) is 10.2. The third kappa shape index (κ3) is 4.12. The van der Waals surface area contributed by atoms with Crippen LogP contribution in [0.5, 0.6) is 5.75 Å². The molecule has 0 bridgehead atoms. The molecule has 5 nitrogen and oxygen atoms in total. The van der Waals surface area contributed by atoms with E-state index < -0.39 is 17.7 Å². The second kappa shape index (κ2) is 9.06. The first-order valence-electron chi connectivity index (χ1n) is 10.2. The molecule has 0 saturated carbocycles. The van der Waals surface area contributed by atoms with Crippen LogP contribution in [-0.4, -0.2) is 35.4 Å². The predicted molar refractivity (Wildman–Crippen MR) is 119 cm³/mol. The topological polar surface area (TPSA) is 66.8 Å². The molecule has 1 aliphatic rings. The summed E-state index contributed by atoms with van der Waals surface area (Å²) < 4.78 is 18.4. The molecule has 1 N–H and O–H groups in total. The maximum Gasteiger partial charge on any atom is 0.295 e. The molecule has 0 radical (unpaired) electrons. The van der Waals surface area contributed by atoms with Crippen LogP contribution in [0.1, 0.15) is 22.7 Å². The van der Waals surface area contributed by atoms with E-state index in [4.69, 9.17) is 4.74 Å². The summed E-state index contributed by atoms with van der Waals surface area (Å²) in [7, 11) is 1.54. The number of benzene rings is 3. The van der Waals surface area contributed by atoms with Crippen LogP contribution in [0.2, 0.25) is 0 Å². The monoisotopic (exact) mass is 431 g/mol. The summed E-state index contributed by atoms with van der Waals surface area (Å²) in [5, 5.41) is 11.0. The fourth-order valence-corrected chi connectivity index (χ4v) is 3.90. The molecular formula is C26H22FNO4.